The van der Waals surface area contributed by atoms with E-state index < -0.39 is 0 Å². The minimum absolute atomic E-state index is 0.0911. The molecule has 0 spiro atoms. The minimum Gasteiger partial charge on any atom is -0.334 e. The molecule has 2 amide bonds. The zero-order chi connectivity index (χ0) is 16.4. The lowest BCUT2D eigenvalue weighted by Gasteiger charge is -2.31. The highest BCUT2D eigenvalue weighted by atomic mass is 19.1. The van der Waals surface area contributed by atoms with Crippen molar-refractivity contribution in [3.63, 3.8) is 0 Å². The Hall–Kier alpha value is -2.37. The molecule has 0 saturated carbocycles. The number of rotatable bonds is 3. The van der Waals surface area contributed by atoms with Crippen LogP contribution in [0.4, 0.5) is 9.18 Å². The summed E-state index contributed by atoms with van der Waals surface area (Å²) in [7, 11) is 0. The van der Waals surface area contributed by atoms with Gasteiger partial charge in [-0.05, 0) is 44.4 Å². The molecule has 0 bridgehead atoms. The Balaban J connectivity index is 1.65. The molecule has 1 aromatic heterocycles. The van der Waals surface area contributed by atoms with E-state index in [0.29, 0.717) is 12.2 Å². The molecule has 0 atom stereocenters. The van der Waals surface area contributed by atoms with Gasteiger partial charge in [0.25, 0.3) is 0 Å². The summed E-state index contributed by atoms with van der Waals surface area (Å²) in [6, 6.07) is 4.86. The summed E-state index contributed by atoms with van der Waals surface area (Å²) in [5, 5.41) is 2.88. The molecule has 1 aliphatic heterocycles. The average Bonchev–Trinajstić information content (AvgIpc) is 3.14. The number of halogens is 1. The molecule has 0 aliphatic carbocycles. The number of nitrogens with one attached hydrogen (secondary N) is 1. The van der Waals surface area contributed by atoms with Gasteiger partial charge in [0.15, 0.2) is 0 Å². The number of likely N-dealkylation sites (tertiary alicyclic amines) is 1. The third kappa shape index (κ3) is 3.21. The van der Waals surface area contributed by atoms with Gasteiger partial charge in [-0.15, -0.1) is 0 Å². The minimum atomic E-state index is -0.337. The van der Waals surface area contributed by atoms with Crippen LogP contribution in [-0.2, 0) is 6.54 Å². The molecule has 1 aliphatic rings. The molecule has 23 heavy (non-hydrogen) atoms. The predicted octanol–water partition coefficient (Wildman–Crippen LogP) is 3.10. The van der Waals surface area contributed by atoms with Crippen LogP contribution in [-0.4, -0.2) is 32.6 Å². The van der Waals surface area contributed by atoms with Crippen LogP contribution < -0.4 is 5.32 Å². The van der Waals surface area contributed by atoms with Crippen molar-refractivity contribution < 1.29 is 9.18 Å². The highest BCUT2D eigenvalue weighted by molar-refractivity contribution is 5.75. The molecule has 0 unspecified atom stereocenters. The first kappa shape index (κ1) is 15.5. The Labute approximate surface area is 135 Å². The summed E-state index contributed by atoms with van der Waals surface area (Å²) in [5.41, 5.74) is 1.07. The molecule has 5 nitrogen and oxygen atoms in total. The van der Waals surface area contributed by atoms with Crippen molar-refractivity contribution in [1.29, 1.82) is 0 Å². The van der Waals surface area contributed by atoms with Gasteiger partial charge >= 0.3 is 6.03 Å². The summed E-state index contributed by atoms with van der Waals surface area (Å²) in [4.78, 5) is 18.0. The summed E-state index contributed by atoms with van der Waals surface area (Å²) in [5.74, 6) is -0.337. The van der Waals surface area contributed by atoms with E-state index in [4.69, 9.17) is 0 Å². The van der Waals surface area contributed by atoms with E-state index in [-0.39, 0.29) is 17.4 Å². The van der Waals surface area contributed by atoms with Crippen LogP contribution in [0.3, 0.4) is 0 Å². The molecule has 1 aromatic carbocycles. The molecule has 3 rings (SSSR count). The SMILES string of the molecule is CC1(C)CCCN1C(=O)NCc1ccc(-n2ccnc2)c(F)c1. The second-order valence-corrected chi connectivity index (χ2v) is 6.48. The summed E-state index contributed by atoms with van der Waals surface area (Å²) >= 11 is 0. The number of imidazole rings is 1. The van der Waals surface area contributed by atoms with Gasteiger partial charge in [0, 0.05) is 31.0 Å². The topological polar surface area (TPSA) is 50.2 Å². The van der Waals surface area contributed by atoms with Crippen molar-refractivity contribution in [3.05, 3.63) is 48.3 Å². The van der Waals surface area contributed by atoms with Crippen molar-refractivity contribution in [2.75, 3.05) is 6.54 Å². The van der Waals surface area contributed by atoms with Crippen LogP contribution in [0, 0.1) is 5.82 Å². The second-order valence-electron chi connectivity index (χ2n) is 6.48. The van der Waals surface area contributed by atoms with Gasteiger partial charge in [0.1, 0.15) is 5.82 Å². The van der Waals surface area contributed by atoms with E-state index in [0.717, 1.165) is 24.9 Å². The average molecular weight is 316 g/mol. The third-order valence-electron chi connectivity index (χ3n) is 4.38. The molecule has 6 heteroatoms. The number of aromatic nitrogens is 2. The largest absolute Gasteiger partial charge is 0.334 e. The number of hydrogen-bond donors (Lipinski definition) is 1. The third-order valence-corrected chi connectivity index (χ3v) is 4.38. The van der Waals surface area contributed by atoms with E-state index in [9.17, 15) is 9.18 Å². The molecule has 122 valence electrons. The van der Waals surface area contributed by atoms with E-state index in [1.165, 1.54) is 6.07 Å². The lowest BCUT2D eigenvalue weighted by Crippen LogP contribution is -2.47. The van der Waals surface area contributed by atoms with Crippen LogP contribution in [0.5, 0.6) is 0 Å². The van der Waals surface area contributed by atoms with Crippen LogP contribution in [0.2, 0.25) is 0 Å². The quantitative estimate of drug-likeness (QED) is 0.946. The monoisotopic (exact) mass is 316 g/mol. The van der Waals surface area contributed by atoms with Gasteiger partial charge in [0.05, 0.1) is 12.0 Å². The van der Waals surface area contributed by atoms with Gasteiger partial charge in [0.2, 0.25) is 0 Å². The van der Waals surface area contributed by atoms with Gasteiger partial charge < -0.3 is 14.8 Å². The molecule has 0 radical (unpaired) electrons. The van der Waals surface area contributed by atoms with Crippen molar-refractivity contribution >= 4 is 6.03 Å². The van der Waals surface area contributed by atoms with Crippen molar-refractivity contribution in [3.8, 4) is 5.69 Å². The number of amides is 2. The van der Waals surface area contributed by atoms with E-state index in [2.05, 4.69) is 24.1 Å². The smallest absolute Gasteiger partial charge is 0.318 e. The van der Waals surface area contributed by atoms with E-state index in [1.807, 2.05) is 11.0 Å². The first-order valence-corrected chi connectivity index (χ1v) is 7.79. The fourth-order valence-electron chi connectivity index (χ4n) is 3.03. The Morgan fingerprint density at radius 3 is 2.87 bits per heavy atom. The van der Waals surface area contributed by atoms with Crippen LogP contribution in [0.25, 0.3) is 5.69 Å². The van der Waals surface area contributed by atoms with Crippen LogP contribution in [0.1, 0.15) is 32.3 Å². The number of hydrogen-bond acceptors (Lipinski definition) is 2. The lowest BCUT2D eigenvalue weighted by molar-refractivity contribution is 0.165. The molecule has 1 fully saturated rings. The predicted molar refractivity (Wildman–Crippen MR) is 85.8 cm³/mol. The lowest BCUT2D eigenvalue weighted by atomic mass is 10.0. The number of nitrogens with zero attached hydrogens (tertiary/aromatic N) is 3. The van der Waals surface area contributed by atoms with Crippen molar-refractivity contribution in [2.45, 2.75) is 38.8 Å². The Morgan fingerprint density at radius 1 is 1.43 bits per heavy atom. The zero-order valence-electron chi connectivity index (χ0n) is 13.4. The Morgan fingerprint density at radius 2 is 2.26 bits per heavy atom. The van der Waals surface area contributed by atoms with Crippen LogP contribution >= 0.6 is 0 Å². The standard InChI is InChI=1S/C17H21FN4O/c1-17(2)6-3-8-22(17)16(23)20-11-13-4-5-15(14(18)10-13)21-9-7-19-12-21/h4-5,7,9-10,12H,3,6,8,11H2,1-2H3,(H,20,23). The highest BCUT2D eigenvalue weighted by Crippen LogP contribution is 2.28. The van der Waals surface area contributed by atoms with Gasteiger partial charge in [-0.2, -0.15) is 0 Å². The number of benzene rings is 1. The molecule has 2 heterocycles. The number of urea groups is 1. The first-order valence-electron chi connectivity index (χ1n) is 7.79. The fraction of sp³-hybridized carbons (Fsp3) is 0.412. The number of carbonyl (C=O) groups is 1. The normalized spacial score (nSPS) is 16.6. The fourth-order valence-corrected chi connectivity index (χ4v) is 3.03. The molecular formula is C17H21FN4O. The second kappa shape index (κ2) is 6.02. The van der Waals surface area contributed by atoms with Gasteiger partial charge in [-0.25, -0.2) is 14.2 Å². The van der Waals surface area contributed by atoms with Gasteiger partial charge in [-0.3, -0.25) is 0 Å². The highest BCUT2D eigenvalue weighted by Gasteiger charge is 2.35. The molecule has 1 saturated heterocycles. The van der Waals surface area contributed by atoms with Crippen molar-refractivity contribution in [1.82, 2.24) is 19.8 Å². The maximum Gasteiger partial charge on any atom is 0.318 e. The van der Waals surface area contributed by atoms with E-state index in [1.54, 1.807) is 29.4 Å². The molecular weight excluding hydrogens is 295 g/mol. The first-order chi connectivity index (χ1) is 11.0. The van der Waals surface area contributed by atoms with Gasteiger partial charge in [-0.1, -0.05) is 6.07 Å². The molecule has 1 N–H and O–H groups in total. The molecule has 2 aromatic rings. The van der Waals surface area contributed by atoms with E-state index >= 15 is 0 Å². The summed E-state index contributed by atoms with van der Waals surface area (Å²) in [6.45, 7) is 5.22. The summed E-state index contributed by atoms with van der Waals surface area (Å²) in [6.07, 6.45) is 6.87. The summed E-state index contributed by atoms with van der Waals surface area (Å²) < 4.78 is 15.8. The maximum atomic E-state index is 14.2. The Bertz CT molecular complexity index is 697. The van der Waals surface area contributed by atoms with Crippen LogP contribution in [0.15, 0.2) is 36.9 Å². The number of carbonyl (C=O) groups excluding carboxylic acids is 1. The maximum absolute atomic E-state index is 14.2. The van der Waals surface area contributed by atoms with Crippen molar-refractivity contribution in [2.24, 2.45) is 0 Å². The Kier molecular flexibility index (Phi) is 4.07. The zero-order valence-corrected chi connectivity index (χ0v) is 13.4.